The van der Waals surface area contributed by atoms with Gasteiger partial charge in [0.2, 0.25) is 0 Å². The van der Waals surface area contributed by atoms with Gasteiger partial charge in [0.25, 0.3) is 0 Å². The van der Waals surface area contributed by atoms with Crippen molar-refractivity contribution in [2.24, 2.45) is 40.4 Å². The molecule has 0 aromatic rings. The van der Waals surface area contributed by atoms with Crippen LogP contribution >= 0.6 is 0 Å². The molecule has 4 heterocycles. The van der Waals surface area contributed by atoms with E-state index in [0.717, 1.165) is 25.8 Å². The number of nitrogens with zero attached hydrogens (tertiary/aromatic N) is 1. The van der Waals surface area contributed by atoms with Crippen LogP contribution in [0.1, 0.15) is 26.2 Å². The van der Waals surface area contributed by atoms with Crippen LogP contribution in [0.3, 0.4) is 0 Å². The van der Waals surface area contributed by atoms with Gasteiger partial charge in [-0.05, 0) is 31.7 Å². The minimum atomic E-state index is -0.835. The molecule has 9 bridgehead atoms. The second-order valence-corrected chi connectivity index (χ2v) is 11.8. The van der Waals surface area contributed by atoms with Gasteiger partial charge in [-0.25, -0.2) is 0 Å². The zero-order chi connectivity index (χ0) is 23.1. The van der Waals surface area contributed by atoms with E-state index >= 15 is 0 Å². The number of hydrogen-bond acceptors (Lipinski definition) is 8. The van der Waals surface area contributed by atoms with Gasteiger partial charge in [0.1, 0.15) is 17.9 Å². The summed E-state index contributed by atoms with van der Waals surface area (Å²) in [7, 11) is 7.05. The minimum absolute atomic E-state index is 0.0387. The first-order valence-corrected chi connectivity index (χ1v) is 12.8. The minimum Gasteiger partial charge on any atom is -0.396 e. The van der Waals surface area contributed by atoms with E-state index in [1.165, 1.54) is 0 Å². The van der Waals surface area contributed by atoms with E-state index in [4.69, 9.17) is 23.7 Å². The topological polar surface area (TPSA) is 89.9 Å². The molecule has 0 amide bonds. The lowest BCUT2D eigenvalue weighted by atomic mass is 9.41. The van der Waals surface area contributed by atoms with Crippen molar-refractivity contribution in [3.8, 4) is 0 Å². The van der Waals surface area contributed by atoms with Crippen molar-refractivity contribution in [1.29, 1.82) is 0 Å². The molecular weight excluding hydrogens is 426 g/mol. The summed E-state index contributed by atoms with van der Waals surface area (Å²) in [5, 5.41) is 23.0. The van der Waals surface area contributed by atoms with Crippen molar-refractivity contribution >= 4 is 0 Å². The molecule has 9 rings (SSSR count). The van der Waals surface area contributed by atoms with E-state index in [-0.39, 0.29) is 83.7 Å². The van der Waals surface area contributed by atoms with Crippen LogP contribution in [0, 0.1) is 40.4 Å². The summed E-state index contributed by atoms with van der Waals surface area (Å²) in [6.45, 7) is 3.13. The van der Waals surface area contributed by atoms with Gasteiger partial charge in [-0.15, -0.1) is 0 Å². The maximum atomic E-state index is 12.0. The predicted molar refractivity (Wildman–Crippen MR) is 116 cm³/mol. The van der Waals surface area contributed by atoms with Crippen molar-refractivity contribution in [3.05, 3.63) is 0 Å². The average Bonchev–Trinajstić information content (AvgIpc) is 3.31. The largest absolute Gasteiger partial charge is 0.396 e. The number of fused-ring (bicyclic) bond motifs is 3. The zero-order valence-corrected chi connectivity index (χ0v) is 20.3. The molecule has 33 heavy (non-hydrogen) atoms. The van der Waals surface area contributed by atoms with E-state index in [0.29, 0.717) is 0 Å². The number of rotatable bonds is 6. The fourth-order valence-corrected chi connectivity index (χ4v) is 11.7. The van der Waals surface area contributed by atoms with Crippen LogP contribution in [0.4, 0.5) is 0 Å². The van der Waals surface area contributed by atoms with Gasteiger partial charge >= 0.3 is 0 Å². The van der Waals surface area contributed by atoms with Crippen molar-refractivity contribution in [2.45, 2.75) is 74.6 Å². The van der Waals surface area contributed by atoms with Crippen LogP contribution in [0.2, 0.25) is 0 Å². The lowest BCUT2D eigenvalue weighted by Gasteiger charge is -2.76. The highest BCUT2D eigenvalue weighted by molar-refractivity contribution is 5.39. The molecule has 5 aliphatic carbocycles. The Balaban J connectivity index is 1.55. The van der Waals surface area contributed by atoms with Gasteiger partial charge < -0.3 is 33.9 Å². The Kier molecular flexibility index (Phi) is 4.46. The predicted octanol–water partition coefficient (Wildman–Crippen LogP) is 0.491. The number of aliphatic hydroxyl groups excluding tert-OH is 2. The molecule has 9 aliphatic rings. The second-order valence-electron chi connectivity index (χ2n) is 11.8. The quantitative estimate of drug-likeness (QED) is 0.586. The first kappa shape index (κ1) is 21.9. The molecular formula is C25H39NO7. The molecule has 0 radical (unpaired) electrons. The lowest BCUT2D eigenvalue weighted by molar-refractivity contribution is -0.404. The van der Waals surface area contributed by atoms with E-state index < -0.39 is 11.7 Å². The highest BCUT2D eigenvalue weighted by Gasteiger charge is 2.91. The molecule has 0 aromatic heterocycles. The number of piperidine rings is 1. The van der Waals surface area contributed by atoms with E-state index in [2.05, 4.69) is 11.8 Å². The van der Waals surface area contributed by atoms with Crippen LogP contribution in [0.25, 0.3) is 0 Å². The monoisotopic (exact) mass is 465 g/mol. The summed E-state index contributed by atoms with van der Waals surface area (Å²) in [5.74, 6) is 0.530. The van der Waals surface area contributed by atoms with Crippen LogP contribution in [-0.2, 0) is 23.7 Å². The first-order chi connectivity index (χ1) is 16.0. The third-order valence-electron chi connectivity index (χ3n) is 12.0. The van der Waals surface area contributed by atoms with Crippen molar-refractivity contribution in [3.63, 3.8) is 0 Å². The van der Waals surface area contributed by atoms with Gasteiger partial charge in [-0.2, -0.15) is 0 Å². The van der Waals surface area contributed by atoms with Crippen molar-refractivity contribution < 1.29 is 33.9 Å². The van der Waals surface area contributed by atoms with Gasteiger partial charge in [0.15, 0.2) is 0 Å². The van der Waals surface area contributed by atoms with Crippen LogP contribution < -0.4 is 0 Å². The van der Waals surface area contributed by atoms with Gasteiger partial charge in [0.05, 0.1) is 31.0 Å². The Morgan fingerprint density at radius 2 is 1.76 bits per heavy atom. The summed E-state index contributed by atoms with van der Waals surface area (Å²) in [6, 6.07) is 0.184. The van der Waals surface area contributed by atoms with Gasteiger partial charge in [-0.3, -0.25) is 4.90 Å². The fraction of sp³-hybridized carbons (Fsp3) is 1.00. The van der Waals surface area contributed by atoms with E-state index in [1.54, 1.807) is 28.4 Å². The molecule has 186 valence electrons. The van der Waals surface area contributed by atoms with Crippen LogP contribution in [-0.4, -0.2) is 105 Å². The Bertz CT molecular complexity index is 844. The molecule has 0 unspecified atom stereocenters. The maximum absolute atomic E-state index is 12.0. The molecule has 2 N–H and O–H groups in total. The molecule has 8 heteroatoms. The molecule has 5 saturated carbocycles. The summed E-state index contributed by atoms with van der Waals surface area (Å²) in [4.78, 5) is 2.51. The van der Waals surface area contributed by atoms with Crippen LogP contribution in [0.5, 0.6) is 0 Å². The van der Waals surface area contributed by atoms with E-state index in [9.17, 15) is 10.2 Å². The standard InChI is InChI=1S/C25H39NO7/c1-6-26-20-15-18(31-4)19-23(10-27)8-7-13(33-22(23)26)24(19,20)12-9-11-16(29-2)14(12)25(15,32-5)21(28)17(11)30-3/h11-22,27-28H,6-10H2,1-5H3/t11-,12+,13-,14+,15-,16-,17+,18-,19+,20+,21-,22+,23-,24-,25+/m0/s1. The molecule has 0 aromatic carbocycles. The fourth-order valence-electron chi connectivity index (χ4n) is 11.7. The normalized spacial score (nSPS) is 64.1. The number of ether oxygens (including phenoxy) is 5. The van der Waals surface area contributed by atoms with Gasteiger partial charge in [-0.1, -0.05) is 6.92 Å². The summed E-state index contributed by atoms with van der Waals surface area (Å²) < 4.78 is 32.1. The third-order valence-corrected chi connectivity index (χ3v) is 12.0. The molecule has 1 spiro atoms. The molecule has 9 fully saturated rings. The van der Waals surface area contributed by atoms with Gasteiger partial charge in [0, 0.05) is 69.0 Å². The maximum Gasteiger partial charge on any atom is 0.119 e. The molecule has 4 aliphatic heterocycles. The Morgan fingerprint density at radius 3 is 2.36 bits per heavy atom. The SMILES string of the molecule is CCN1[C@@H]2O[C@H]3CC[C@]2(CO)[C@H]2[C@@H](OC)[C@H]4[C@@H]1[C@@]32[C@@H]1C[C@@H]2[C@@H](OC)[C@H](O)[C@@]4(OC)[C@H]1[C@H]2OC. The molecule has 8 nitrogen and oxygen atoms in total. The van der Waals surface area contributed by atoms with Crippen molar-refractivity contribution in [2.75, 3.05) is 41.6 Å². The Hall–Kier alpha value is -0.320. The number of methoxy groups -OCH3 is 4. The third kappa shape index (κ3) is 1.88. The Labute approximate surface area is 195 Å². The molecule has 15 atom stereocenters. The summed E-state index contributed by atoms with van der Waals surface area (Å²) in [5.41, 5.74) is -1.33. The summed E-state index contributed by atoms with van der Waals surface area (Å²) >= 11 is 0. The number of aliphatic hydroxyl groups is 2. The highest BCUT2D eigenvalue weighted by atomic mass is 16.5. The number of hydrogen-bond donors (Lipinski definition) is 2. The molecule has 4 saturated heterocycles. The van der Waals surface area contributed by atoms with E-state index in [1.807, 2.05) is 0 Å². The Morgan fingerprint density at radius 1 is 1.03 bits per heavy atom. The average molecular weight is 466 g/mol. The second kappa shape index (κ2) is 6.71. The zero-order valence-electron chi connectivity index (χ0n) is 20.3. The van der Waals surface area contributed by atoms with Crippen LogP contribution in [0.15, 0.2) is 0 Å². The smallest absolute Gasteiger partial charge is 0.119 e. The van der Waals surface area contributed by atoms with Crippen molar-refractivity contribution in [1.82, 2.24) is 4.90 Å². The first-order valence-electron chi connectivity index (χ1n) is 12.8. The lowest BCUT2D eigenvalue weighted by Crippen LogP contribution is -2.84. The summed E-state index contributed by atoms with van der Waals surface area (Å²) in [6.07, 6.45) is 1.61. The highest BCUT2D eigenvalue weighted by Crippen LogP contribution is 2.83.